The Morgan fingerprint density at radius 3 is 2.81 bits per heavy atom. The van der Waals surface area contributed by atoms with Crippen LogP contribution >= 0.6 is 0 Å². The minimum Gasteiger partial charge on any atom is -0.384 e. The van der Waals surface area contributed by atoms with E-state index in [1.165, 1.54) is 5.57 Å². The molecule has 2 unspecified atom stereocenters. The smallest absolute Gasteiger partial charge is 0.237 e. The molecule has 0 radical (unpaired) electrons. The van der Waals surface area contributed by atoms with Gasteiger partial charge in [0, 0.05) is 17.4 Å². The summed E-state index contributed by atoms with van der Waals surface area (Å²) in [5, 5.41) is 6.56. The molecule has 1 amide bonds. The van der Waals surface area contributed by atoms with Gasteiger partial charge in [0.15, 0.2) is 0 Å². The second-order valence-electron chi connectivity index (χ2n) is 6.11. The van der Waals surface area contributed by atoms with Crippen LogP contribution < -0.4 is 10.6 Å². The van der Waals surface area contributed by atoms with Crippen LogP contribution in [0, 0.1) is 0 Å². The van der Waals surface area contributed by atoms with Crippen LogP contribution in [-0.4, -0.2) is 11.9 Å². The fourth-order valence-corrected chi connectivity index (χ4v) is 3.56. The highest BCUT2D eigenvalue weighted by Crippen LogP contribution is 2.55. The molecule has 2 N–H and O–H groups in total. The van der Waals surface area contributed by atoms with Crippen molar-refractivity contribution in [1.29, 1.82) is 0 Å². The van der Waals surface area contributed by atoms with E-state index in [9.17, 15) is 4.79 Å². The number of allylic oxidation sites excluding steroid dienone is 3. The zero-order valence-corrected chi connectivity index (χ0v) is 12.9. The molecule has 1 heterocycles. The molecular formula is C18H22N2O. The Hall–Kier alpha value is -2.03. The fraction of sp³-hybridized carbons (Fsp3) is 0.389. The van der Waals surface area contributed by atoms with Gasteiger partial charge in [-0.1, -0.05) is 37.3 Å². The standard InChI is InChI=1S/C18H22N2O/c1-5-13(11(2)3)12(4)19-16-10-18(16)14-8-6-7-9-15(14)20-17(18)21/h6-9,16,19H,2,5,10H2,1,3-4H3,(H,20,21)/b13-12-. The first-order valence-corrected chi connectivity index (χ1v) is 7.53. The van der Waals surface area contributed by atoms with Gasteiger partial charge in [0.1, 0.15) is 0 Å². The Labute approximate surface area is 126 Å². The highest BCUT2D eigenvalue weighted by atomic mass is 16.2. The lowest BCUT2D eigenvalue weighted by molar-refractivity contribution is -0.118. The molecule has 0 aromatic heterocycles. The monoisotopic (exact) mass is 282 g/mol. The van der Waals surface area contributed by atoms with E-state index in [0.29, 0.717) is 0 Å². The number of carbonyl (C=O) groups is 1. The summed E-state index contributed by atoms with van der Waals surface area (Å²) in [5.41, 5.74) is 5.21. The quantitative estimate of drug-likeness (QED) is 0.830. The average Bonchev–Trinajstić information content (AvgIpc) is 3.06. The van der Waals surface area contributed by atoms with Crippen molar-refractivity contribution in [1.82, 2.24) is 5.32 Å². The summed E-state index contributed by atoms with van der Waals surface area (Å²) in [7, 11) is 0. The number of carbonyl (C=O) groups excluding carboxylic acids is 1. The summed E-state index contributed by atoms with van der Waals surface area (Å²) in [4.78, 5) is 12.4. The molecule has 3 rings (SSSR count). The first-order chi connectivity index (χ1) is 10.0. The normalized spacial score (nSPS) is 27.0. The first kappa shape index (κ1) is 13.9. The van der Waals surface area contributed by atoms with E-state index >= 15 is 0 Å². The molecule has 110 valence electrons. The fourth-order valence-electron chi connectivity index (χ4n) is 3.56. The number of nitrogens with one attached hydrogen (secondary N) is 2. The number of anilines is 1. The molecule has 1 aliphatic heterocycles. The van der Waals surface area contributed by atoms with Crippen LogP contribution in [0.25, 0.3) is 0 Å². The van der Waals surface area contributed by atoms with Crippen LogP contribution in [-0.2, 0) is 10.2 Å². The first-order valence-electron chi connectivity index (χ1n) is 7.53. The third-order valence-electron chi connectivity index (χ3n) is 4.73. The number of amides is 1. The van der Waals surface area contributed by atoms with Crippen molar-refractivity contribution in [3.63, 3.8) is 0 Å². The lowest BCUT2D eigenvalue weighted by atomic mass is 9.96. The van der Waals surface area contributed by atoms with Gasteiger partial charge in [0.2, 0.25) is 5.91 Å². The number of benzene rings is 1. The lowest BCUT2D eigenvalue weighted by Crippen LogP contribution is -2.30. The number of hydrogen-bond donors (Lipinski definition) is 2. The summed E-state index contributed by atoms with van der Waals surface area (Å²) >= 11 is 0. The molecule has 0 bridgehead atoms. The van der Waals surface area contributed by atoms with E-state index in [-0.39, 0.29) is 17.4 Å². The van der Waals surface area contributed by atoms with Gasteiger partial charge in [-0.3, -0.25) is 4.79 Å². The second kappa shape index (κ2) is 4.76. The third kappa shape index (κ3) is 1.99. The maximum Gasteiger partial charge on any atom is 0.237 e. The molecule has 2 aliphatic rings. The van der Waals surface area contributed by atoms with Crippen LogP contribution in [0.15, 0.2) is 47.7 Å². The van der Waals surface area contributed by atoms with Crippen molar-refractivity contribution < 1.29 is 4.79 Å². The molecule has 2 atom stereocenters. The number of para-hydroxylation sites is 1. The molecule has 3 heteroatoms. The number of hydrogen-bond acceptors (Lipinski definition) is 2. The summed E-state index contributed by atoms with van der Waals surface area (Å²) in [6, 6.07) is 8.19. The molecular weight excluding hydrogens is 260 g/mol. The van der Waals surface area contributed by atoms with Crippen molar-refractivity contribution in [2.24, 2.45) is 0 Å². The van der Waals surface area contributed by atoms with Gasteiger partial charge in [-0.05, 0) is 43.9 Å². The molecule has 3 nitrogen and oxygen atoms in total. The van der Waals surface area contributed by atoms with E-state index in [1.807, 2.05) is 25.1 Å². The Kier molecular flexibility index (Phi) is 3.16. The van der Waals surface area contributed by atoms with Gasteiger partial charge in [0.05, 0.1) is 5.41 Å². The van der Waals surface area contributed by atoms with Crippen molar-refractivity contribution in [2.75, 3.05) is 5.32 Å². The van der Waals surface area contributed by atoms with E-state index in [2.05, 4.69) is 37.1 Å². The highest BCUT2D eigenvalue weighted by Gasteiger charge is 2.65. The summed E-state index contributed by atoms with van der Waals surface area (Å²) in [5.74, 6) is 0.127. The van der Waals surface area contributed by atoms with Crippen molar-refractivity contribution in [3.05, 3.63) is 53.3 Å². The Morgan fingerprint density at radius 2 is 2.14 bits per heavy atom. The van der Waals surface area contributed by atoms with Gasteiger partial charge in [-0.2, -0.15) is 0 Å². The van der Waals surface area contributed by atoms with Crippen LogP contribution in [0.3, 0.4) is 0 Å². The van der Waals surface area contributed by atoms with Crippen LogP contribution in [0.5, 0.6) is 0 Å². The molecule has 21 heavy (non-hydrogen) atoms. The van der Waals surface area contributed by atoms with Crippen molar-refractivity contribution in [3.8, 4) is 0 Å². The van der Waals surface area contributed by atoms with E-state index in [4.69, 9.17) is 0 Å². The number of fused-ring (bicyclic) bond motifs is 2. The van der Waals surface area contributed by atoms with Crippen molar-refractivity contribution in [2.45, 2.75) is 45.1 Å². The van der Waals surface area contributed by atoms with Crippen LogP contribution in [0.4, 0.5) is 5.69 Å². The number of rotatable bonds is 4. The van der Waals surface area contributed by atoms with Crippen LogP contribution in [0.1, 0.15) is 39.2 Å². The molecule has 1 saturated carbocycles. The van der Waals surface area contributed by atoms with Gasteiger partial charge < -0.3 is 10.6 Å². The maximum absolute atomic E-state index is 12.4. The minimum absolute atomic E-state index is 0.127. The minimum atomic E-state index is -0.369. The van der Waals surface area contributed by atoms with Crippen LogP contribution in [0.2, 0.25) is 0 Å². The lowest BCUT2D eigenvalue weighted by Gasteiger charge is -2.15. The zero-order valence-electron chi connectivity index (χ0n) is 12.9. The summed E-state index contributed by atoms with van der Waals surface area (Å²) in [6.45, 7) is 10.3. The van der Waals surface area contributed by atoms with E-state index in [0.717, 1.165) is 35.4 Å². The largest absolute Gasteiger partial charge is 0.384 e. The molecule has 0 saturated heterocycles. The Balaban J connectivity index is 1.87. The topological polar surface area (TPSA) is 41.1 Å². The predicted octanol–water partition coefficient (Wildman–Crippen LogP) is 3.50. The van der Waals surface area contributed by atoms with Gasteiger partial charge >= 0.3 is 0 Å². The SMILES string of the molecule is C=C(C)/C(CC)=C(/C)NC1CC12C(=O)Nc1ccccc12. The molecule has 1 aliphatic carbocycles. The molecule has 1 aromatic rings. The second-order valence-corrected chi connectivity index (χ2v) is 6.11. The Bertz CT molecular complexity index is 659. The van der Waals surface area contributed by atoms with Gasteiger partial charge in [0.25, 0.3) is 0 Å². The average molecular weight is 282 g/mol. The van der Waals surface area contributed by atoms with Crippen molar-refractivity contribution >= 4 is 11.6 Å². The maximum atomic E-state index is 12.4. The molecule has 1 fully saturated rings. The summed E-state index contributed by atoms with van der Waals surface area (Å²) < 4.78 is 0. The summed E-state index contributed by atoms with van der Waals surface area (Å²) in [6.07, 6.45) is 1.82. The predicted molar refractivity (Wildman–Crippen MR) is 86.1 cm³/mol. The van der Waals surface area contributed by atoms with Gasteiger partial charge in [-0.15, -0.1) is 0 Å². The van der Waals surface area contributed by atoms with E-state index in [1.54, 1.807) is 0 Å². The van der Waals surface area contributed by atoms with E-state index < -0.39 is 0 Å². The highest BCUT2D eigenvalue weighted by molar-refractivity contribution is 6.09. The molecule has 1 aromatic carbocycles. The van der Waals surface area contributed by atoms with Gasteiger partial charge in [-0.25, -0.2) is 0 Å². The third-order valence-corrected chi connectivity index (χ3v) is 4.73. The Morgan fingerprint density at radius 1 is 1.43 bits per heavy atom. The molecule has 1 spiro atoms. The zero-order chi connectivity index (χ0) is 15.2.